The summed E-state index contributed by atoms with van der Waals surface area (Å²) in [4.78, 5) is 0. The van der Waals surface area contributed by atoms with E-state index < -0.39 is 5.60 Å². The van der Waals surface area contributed by atoms with E-state index in [-0.39, 0.29) is 0 Å². The van der Waals surface area contributed by atoms with Gasteiger partial charge in [-0.25, -0.2) is 0 Å². The molecule has 1 rings (SSSR count). The van der Waals surface area contributed by atoms with Crippen molar-refractivity contribution >= 4 is 0 Å². The van der Waals surface area contributed by atoms with Gasteiger partial charge in [-0.05, 0) is 19.3 Å². The Kier molecular flexibility index (Phi) is 2.13. The van der Waals surface area contributed by atoms with E-state index in [1.165, 1.54) is 0 Å². The van der Waals surface area contributed by atoms with Crippen LogP contribution in [-0.2, 0) is 0 Å². The van der Waals surface area contributed by atoms with Crippen LogP contribution >= 0.6 is 0 Å². The summed E-state index contributed by atoms with van der Waals surface area (Å²) in [6, 6.07) is 0. The van der Waals surface area contributed by atoms with Gasteiger partial charge in [0.25, 0.3) is 0 Å². The molecule has 0 spiro atoms. The number of allylic oxidation sites excluding steroid dienone is 1. The Bertz CT molecular complexity index is 176. The monoisotopic (exact) mass is 136 g/mol. The van der Waals surface area contributed by atoms with Gasteiger partial charge < -0.3 is 5.11 Å². The lowest BCUT2D eigenvalue weighted by atomic mass is 9.89. The van der Waals surface area contributed by atoms with Gasteiger partial charge in [0.1, 0.15) is 0 Å². The molecule has 1 heteroatoms. The maximum absolute atomic E-state index is 9.64. The molecule has 1 aliphatic carbocycles. The standard InChI is InChI=1S/C9H12O/c1-2-6-9(10)7-4-3-5-8-9/h1,4,7,10H,3,5-6,8H2/t9-/m1/s1. The number of aliphatic hydroxyl groups is 1. The average Bonchev–Trinajstić information content (AvgIpc) is 1.89. The van der Waals surface area contributed by atoms with Crippen molar-refractivity contribution in [1.29, 1.82) is 0 Å². The second-order valence-electron chi connectivity index (χ2n) is 2.78. The summed E-state index contributed by atoms with van der Waals surface area (Å²) in [5, 5.41) is 9.64. The van der Waals surface area contributed by atoms with E-state index in [9.17, 15) is 5.11 Å². The first kappa shape index (κ1) is 7.37. The predicted molar refractivity (Wildman–Crippen MR) is 41.4 cm³/mol. The van der Waals surface area contributed by atoms with E-state index >= 15 is 0 Å². The predicted octanol–water partition coefficient (Wildman–Crippen LogP) is 1.48. The van der Waals surface area contributed by atoms with Crippen LogP contribution < -0.4 is 0 Å². The highest BCUT2D eigenvalue weighted by Gasteiger charge is 2.23. The summed E-state index contributed by atoms with van der Waals surface area (Å²) in [5.41, 5.74) is -0.687. The summed E-state index contributed by atoms with van der Waals surface area (Å²) < 4.78 is 0. The summed E-state index contributed by atoms with van der Waals surface area (Å²) in [7, 11) is 0. The maximum atomic E-state index is 9.64. The minimum Gasteiger partial charge on any atom is -0.385 e. The van der Waals surface area contributed by atoms with Gasteiger partial charge in [0.05, 0.1) is 5.60 Å². The normalized spacial score (nSPS) is 31.6. The molecular formula is C9H12O. The van der Waals surface area contributed by atoms with Crippen molar-refractivity contribution in [2.75, 3.05) is 0 Å². The number of terminal acetylenes is 1. The molecule has 0 amide bonds. The van der Waals surface area contributed by atoms with Crippen molar-refractivity contribution in [3.05, 3.63) is 12.2 Å². The lowest BCUT2D eigenvalue weighted by Crippen LogP contribution is -2.26. The highest BCUT2D eigenvalue weighted by Crippen LogP contribution is 2.24. The van der Waals surface area contributed by atoms with Crippen molar-refractivity contribution in [2.45, 2.75) is 31.3 Å². The molecule has 0 aromatic heterocycles. The molecule has 10 heavy (non-hydrogen) atoms. The Hall–Kier alpha value is -0.740. The van der Waals surface area contributed by atoms with Crippen LogP contribution in [-0.4, -0.2) is 10.7 Å². The van der Waals surface area contributed by atoms with Crippen LogP contribution in [0.15, 0.2) is 12.2 Å². The third-order valence-electron chi connectivity index (χ3n) is 1.82. The summed E-state index contributed by atoms with van der Waals surface area (Å²) >= 11 is 0. The van der Waals surface area contributed by atoms with Gasteiger partial charge in [-0.3, -0.25) is 0 Å². The van der Waals surface area contributed by atoms with Crippen molar-refractivity contribution < 1.29 is 5.11 Å². The van der Waals surface area contributed by atoms with Crippen LogP contribution in [0.5, 0.6) is 0 Å². The Labute approximate surface area is 61.8 Å². The van der Waals surface area contributed by atoms with Crippen LogP contribution in [0, 0.1) is 12.3 Å². The van der Waals surface area contributed by atoms with Crippen molar-refractivity contribution in [1.82, 2.24) is 0 Å². The van der Waals surface area contributed by atoms with Gasteiger partial charge in [0.15, 0.2) is 0 Å². The lowest BCUT2D eigenvalue weighted by molar-refractivity contribution is 0.0802. The Morgan fingerprint density at radius 3 is 3.00 bits per heavy atom. The smallest absolute Gasteiger partial charge is 0.0936 e. The van der Waals surface area contributed by atoms with E-state index in [0.29, 0.717) is 6.42 Å². The Balaban J connectivity index is 2.58. The molecule has 0 aromatic carbocycles. The van der Waals surface area contributed by atoms with Crippen molar-refractivity contribution in [3.8, 4) is 12.3 Å². The zero-order valence-corrected chi connectivity index (χ0v) is 6.01. The Morgan fingerprint density at radius 2 is 2.50 bits per heavy atom. The minimum absolute atomic E-state index is 0.448. The first-order chi connectivity index (χ1) is 4.77. The zero-order chi connectivity index (χ0) is 7.45. The largest absolute Gasteiger partial charge is 0.385 e. The van der Waals surface area contributed by atoms with Gasteiger partial charge in [-0.2, -0.15) is 0 Å². The lowest BCUT2D eigenvalue weighted by Gasteiger charge is -2.24. The van der Waals surface area contributed by atoms with Crippen LogP contribution in [0.4, 0.5) is 0 Å². The molecule has 0 unspecified atom stereocenters. The third kappa shape index (κ3) is 1.62. The maximum Gasteiger partial charge on any atom is 0.0936 e. The third-order valence-corrected chi connectivity index (χ3v) is 1.82. The van der Waals surface area contributed by atoms with E-state index in [1.54, 1.807) is 0 Å². The molecule has 0 fully saturated rings. The fourth-order valence-corrected chi connectivity index (χ4v) is 1.24. The molecule has 1 atom stereocenters. The van der Waals surface area contributed by atoms with Crippen molar-refractivity contribution in [2.24, 2.45) is 0 Å². The fraction of sp³-hybridized carbons (Fsp3) is 0.556. The molecule has 1 aliphatic rings. The molecule has 0 aliphatic heterocycles. The first-order valence-electron chi connectivity index (χ1n) is 3.60. The summed E-state index contributed by atoms with van der Waals surface area (Å²) in [5.74, 6) is 2.48. The molecule has 0 saturated carbocycles. The fourth-order valence-electron chi connectivity index (χ4n) is 1.24. The molecule has 0 bridgehead atoms. The quantitative estimate of drug-likeness (QED) is 0.427. The second-order valence-corrected chi connectivity index (χ2v) is 2.78. The van der Waals surface area contributed by atoms with E-state index in [4.69, 9.17) is 6.42 Å². The van der Waals surface area contributed by atoms with E-state index in [1.807, 2.05) is 12.2 Å². The summed E-state index contributed by atoms with van der Waals surface area (Å²) in [6.45, 7) is 0. The van der Waals surface area contributed by atoms with Gasteiger partial charge in [0, 0.05) is 6.42 Å². The number of hydrogen-bond acceptors (Lipinski definition) is 1. The van der Waals surface area contributed by atoms with Gasteiger partial charge in [-0.1, -0.05) is 12.2 Å². The van der Waals surface area contributed by atoms with Crippen LogP contribution in [0.3, 0.4) is 0 Å². The molecule has 1 nitrogen and oxygen atoms in total. The molecule has 0 heterocycles. The highest BCUT2D eigenvalue weighted by atomic mass is 16.3. The zero-order valence-electron chi connectivity index (χ0n) is 6.01. The van der Waals surface area contributed by atoms with E-state index in [0.717, 1.165) is 19.3 Å². The SMILES string of the molecule is C#CC[C@@]1(O)C=CCCC1. The van der Waals surface area contributed by atoms with Crippen LogP contribution in [0.25, 0.3) is 0 Å². The van der Waals surface area contributed by atoms with Crippen molar-refractivity contribution in [3.63, 3.8) is 0 Å². The number of hydrogen-bond donors (Lipinski definition) is 1. The topological polar surface area (TPSA) is 20.2 Å². The minimum atomic E-state index is -0.687. The molecule has 1 N–H and O–H groups in total. The Morgan fingerprint density at radius 1 is 1.70 bits per heavy atom. The number of rotatable bonds is 1. The second kappa shape index (κ2) is 2.90. The molecule has 54 valence electrons. The van der Waals surface area contributed by atoms with E-state index in [2.05, 4.69) is 5.92 Å². The molecule has 0 aromatic rings. The molecule has 0 saturated heterocycles. The van der Waals surface area contributed by atoms with Crippen LogP contribution in [0.2, 0.25) is 0 Å². The summed E-state index contributed by atoms with van der Waals surface area (Å²) in [6.07, 6.45) is 12.3. The van der Waals surface area contributed by atoms with Crippen LogP contribution in [0.1, 0.15) is 25.7 Å². The molecule has 0 radical (unpaired) electrons. The van der Waals surface area contributed by atoms with Gasteiger partial charge in [0.2, 0.25) is 0 Å². The first-order valence-corrected chi connectivity index (χ1v) is 3.60. The highest BCUT2D eigenvalue weighted by molar-refractivity contribution is 5.10. The molecular weight excluding hydrogens is 124 g/mol. The van der Waals surface area contributed by atoms with Gasteiger partial charge >= 0.3 is 0 Å². The average molecular weight is 136 g/mol. The van der Waals surface area contributed by atoms with Gasteiger partial charge in [-0.15, -0.1) is 12.3 Å².